The van der Waals surface area contributed by atoms with Gasteiger partial charge in [-0.25, -0.2) is 4.79 Å². The summed E-state index contributed by atoms with van der Waals surface area (Å²) in [7, 11) is 1.35. The van der Waals surface area contributed by atoms with Crippen LogP contribution < -0.4 is 5.32 Å². The highest BCUT2D eigenvalue weighted by Crippen LogP contribution is 2.64. The number of nitrogens with zero attached hydrogens (tertiary/aromatic N) is 4. The third-order valence-electron chi connectivity index (χ3n) is 7.01. The van der Waals surface area contributed by atoms with E-state index in [0.29, 0.717) is 28.9 Å². The summed E-state index contributed by atoms with van der Waals surface area (Å²) in [4.78, 5) is 26.9. The van der Waals surface area contributed by atoms with Gasteiger partial charge < -0.3 is 10.1 Å². The monoisotopic (exact) mass is 395 g/mol. The van der Waals surface area contributed by atoms with Crippen LogP contribution >= 0.6 is 0 Å². The van der Waals surface area contributed by atoms with Crippen LogP contribution in [0.4, 0.5) is 5.69 Å². The number of hydrogen-bond donors (Lipinski definition) is 1. The molecule has 8 nitrogen and oxygen atoms in total. The Morgan fingerprint density at radius 1 is 1.14 bits per heavy atom. The van der Waals surface area contributed by atoms with E-state index in [9.17, 15) is 9.59 Å². The minimum atomic E-state index is -0.396. The van der Waals surface area contributed by atoms with Crippen molar-refractivity contribution >= 4 is 17.6 Å². The molecule has 1 aromatic carbocycles. The van der Waals surface area contributed by atoms with E-state index in [2.05, 4.69) is 20.7 Å². The Labute approximate surface area is 169 Å². The van der Waals surface area contributed by atoms with Crippen molar-refractivity contribution in [2.75, 3.05) is 12.4 Å². The second kappa shape index (κ2) is 6.37. The van der Waals surface area contributed by atoms with Gasteiger partial charge in [-0.3, -0.25) is 4.79 Å². The van der Waals surface area contributed by atoms with Crippen molar-refractivity contribution < 1.29 is 14.3 Å². The smallest absolute Gasteiger partial charge is 0.337 e. The molecule has 1 amide bonds. The summed E-state index contributed by atoms with van der Waals surface area (Å²) >= 11 is 0. The van der Waals surface area contributed by atoms with Gasteiger partial charge in [0, 0.05) is 5.69 Å². The number of ether oxygens (including phenoxy) is 1. The number of methoxy groups -OCH3 is 1. The van der Waals surface area contributed by atoms with Crippen LogP contribution in [0.5, 0.6) is 0 Å². The summed E-state index contributed by atoms with van der Waals surface area (Å²) in [6, 6.07) is 6.85. The summed E-state index contributed by atoms with van der Waals surface area (Å²) < 4.78 is 4.73. The van der Waals surface area contributed by atoms with E-state index in [0.717, 1.165) is 32.1 Å². The number of aromatic nitrogens is 4. The van der Waals surface area contributed by atoms with Gasteiger partial charge in [-0.15, -0.1) is 10.2 Å². The standard InChI is InChI=1S/C21H25N5O3/c1-13-23-25-26(24-13)21-10-14-7-15(11-21)9-20(8-14,12-21)19(28)22-17-5-3-16(4-6-17)18(27)29-2/h3-6,14-15H,7-12H2,1-2H3,(H,22,28). The third kappa shape index (κ3) is 2.92. The maximum Gasteiger partial charge on any atom is 0.337 e. The Balaban J connectivity index is 1.40. The molecule has 4 aliphatic carbocycles. The second-order valence-electron chi connectivity index (χ2n) is 9.11. The second-order valence-corrected chi connectivity index (χ2v) is 9.11. The van der Waals surface area contributed by atoms with Gasteiger partial charge in [-0.1, -0.05) is 0 Å². The molecule has 0 aliphatic heterocycles. The Kier molecular flexibility index (Phi) is 4.01. The molecule has 29 heavy (non-hydrogen) atoms. The summed E-state index contributed by atoms with van der Waals surface area (Å²) in [6.07, 6.45) is 5.85. The van der Waals surface area contributed by atoms with E-state index >= 15 is 0 Å². The van der Waals surface area contributed by atoms with Gasteiger partial charge in [0.05, 0.1) is 23.6 Å². The Hall–Kier alpha value is -2.77. The maximum atomic E-state index is 13.5. The average Bonchev–Trinajstić information content (AvgIpc) is 3.14. The van der Waals surface area contributed by atoms with Crippen molar-refractivity contribution in [1.82, 2.24) is 20.2 Å². The number of aryl methyl sites for hydroxylation is 1. The molecule has 2 unspecified atom stereocenters. The molecule has 2 atom stereocenters. The van der Waals surface area contributed by atoms with E-state index in [4.69, 9.17) is 4.74 Å². The van der Waals surface area contributed by atoms with Crippen molar-refractivity contribution in [2.45, 2.75) is 51.0 Å². The number of hydrogen-bond acceptors (Lipinski definition) is 6. The van der Waals surface area contributed by atoms with E-state index in [1.54, 1.807) is 29.1 Å². The molecule has 8 heteroatoms. The quantitative estimate of drug-likeness (QED) is 0.799. The lowest BCUT2D eigenvalue weighted by Gasteiger charge is -2.60. The fourth-order valence-corrected chi connectivity index (χ4v) is 6.27. The molecular formula is C21H25N5O3. The van der Waals surface area contributed by atoms with Crippen LogP contribution in [-0.4, -0.2) is 39.2 Å². The summed E-state index contributed by atoms with van der Waals surface area (Å²) in [5.41, 5.74) is 0.568. The summed E-state index contributed by atoms with van der Waals surface area (Å²) in [6.45, 7) is 1.85. The third-order valence-corrected chi connectivity index (χ3v) is 7.01. The first-order valence-electron chi connectivity index (χ1n) is 10.2. The molecule has 4 fully saturated rings. The fraction of sp³-hybridized carbons (Fsp3) is 0.571. The average molecular weight is 395 g/mol. The number of carbonyl (C=O) groups is 2. The molecule has 4 saturated carbocycles. The number of amides is 1. The zero-order chi connectivity index (χ0) is 20.2. The van der Waals surface area contributed by atoms with Crippen LogP contribution in [0, 0.1) is 24.2 Å². The van der Waals surface area contributed by atoms with E-state index < -0.39 is 5.41 Å². The SMILES string of the molecule is COC(=O)c1ccc(NC(=O)C23CC4CC(C2)CC(n2nnc(C)n2)(C4)C3)cc1. The van der Waals surface area contributed by atoms with E-state index in [-0.39, 0.29) is 17.4 Å². The summed E-state index contributed by atoms with van der Waals surface area (Å²) in [5.74, 6) is 1.40. The van der Waals surface area contributed by atoms with E-state index in [1.165, 1.54) is 13.5 Å². The first-order chi connectivity index (χ1) is 13.9. The molecule has 2 aromatic rings. The minimum Gasteiger partial charge on any atom is -0.465 e. The first-order valence-corrected chi connectivity index (χ1v) is 10.2. The first kappa shape index (κ1) is 18.3. The molecule has 1 N–H and O–H groups in total. The van der Waals surface area contributed by atoms with Gasteiger partial charge in [0.2, 0.25) is 5.91 Å². The lowest BCUT2D eigenvalue weighted by Crippen LogP contribution is -2.60. The van der Waals surface area contributed by atoms with Crippen molar-refractivity contribution in [3.8, 4) is 0 Å². The van der Waals surface area contributed by atoms with Crippen LogP contribution in [-0.2, 0) is 15.1 Å². The lowest BCUT2D eigenvalue weighted by molar-refractivity contribution is -0.152. The predicted molar refractivity (Wildman–Crippen MR) is 104 cm³/mol. The Bertz CT molecular complexity index is 953. The highest BCUT2D eigenvalue weighted by atomic mass is 16.5. The fourth-order valence-electron chi connectivity index (χ4n) is 6.27. The van der Waals surface area contributed by atoms with Crippen molar-refractivity contribution in [3.63, 3.8) is 0 Å². The molecule has 4 aliphatic rings. The molecule has 4 bridgehead atoms. The van der Waals surface area contributed by atoms with Gasteiger partial charge in [0.1, 0.15) is 0 Å². The number of benzene rings is 1. The lowest BCUT2D eigenvalue weighted by atomic mass is 9.46. The normalized spacial score (nSPS) is 32.2. The predicted octanol–water partition coefficient (Wildman–Crippen LogP) is 2.70. The maximum absolute atomic E-state index is 13.5. The van der Waals surface area contributed by atoms with Gasteiger partial charge in [0.15, 0.2) is 5.82 Å². The zero-order valence-electron chi connectivity index (χ0n) is 16.7. The molecular weight excluding hydrogens is 370 g/mol. The van der Waals surface area contributed by atoms with Crippen molar-refractivity contribution in [1.29, 1.82) is 0 Å². The van der Waals surface area contributed by atoms with Crippen LogP contribution in [0.3, 0.4) is 0 Å². The molecule has 0 radical (unpaired) electrons. The van der Waals surface area contributed by atoms with Gasteiger partial charge >= 0.3 is 5.97 Å². The highest BCUT2D eigenvalue weighted by molar-refractivity contribution is 5.96. The molecule has 0 spiro atoms. The van der Waals surface area contributed by atoms with Crippen LogP contribution in [0.2, 0.25) is 0 Å². The van der Waals surface area contributed by atoms with E-state index in [1.807, 2.05) is 6.92 Å². The van der Waals surface area contributed by atoms with Gasteiger partial charge in [-0.05, 0) is 86.8 Å². The van der Waals surface area contributed by atoms with Crippen LogP contribution in [0.15, 0.2) is 24.3 Å². The number of nitrogens with one attached hydrogen (secondary N) is 1. The largest absolute Gasteiger partial charge is 0.465 e. The highest BCUT2D eigenvalue weighted by Gasteiger charge is 2.62. The topological polar surface area (TPSA) is 99.0 Å². The minimum absolute atomic E-state index is 0.0682. The Morgan fingerprint density at radius 2 is 1.83 bits per heavy atom. The Morgan fingerprint density at radius 3 is 2.41 bits per heavy atom. The van der Waals surface area contributed by atoms with Crippen LogP contribution in [0.25, 0.3) is 0 Å². The summed E-state index contributed by atoms with van der Waals surface area (Å²) in [5, 5.41) is 16.0. The van der Waals surface area contributed by atoms with Gasteiger partial charge in [-0.2, -0.15) is 4.80 Å². The number of tetrazole rings is 1. The van der Waals surface area contributed by atoms with Crippen LogP contribution in [0.1, 0.15) is 54.7 Å². The number of rotatable bonds is 4. The van der Waals surface area contributed by atoms with Gasteiger partial charge in [0.25, 0.3) is 0 Å². The number of anilines is 1. The zero-order valence-corrected chi connectivity index (χ0v) is 16.7. The molecule has 1 aromatic heterocycles. The molecule has 0 saturated heterocycles. The molecule has 1 heterocycles. The molecule has 152 valence electrons. The van der Waals surface area contributed by atoms with Crippen molar-refractivity contribution in [2.24, 2.45) is 17.3 Å². The number of carbonyl (C=O) groups excluding carboxylic acids is 2. The molecule has 6 rings (SSSR count). The number of esters is 1. The van der Waals surface area contributed by atoms with Crippen molar-refractivity contribution in [3.05, 3.63) is 35.7 Å².